The van der Waals surface area contributed by atoms with Gasteiger partial charge in [-0.3, -0.25) is 9.59 Å². The Morgan fingerprint density at radius 3 is 2.68 bits per heavy atom. The molecule has 19 heavy (non-hydrogen) atoms. The number of halogens is 1. The third kappa shape index (κ3) is 1.94. The number of ketones is 1. The summed E-state index contributed by atoms with van der Waals surface area (Å²) >= 11 is 5.78. The van der Waals surface area contributed by atoms with E-state index in [1.165, 1.54) is 0 Å². The Bertz CT molecular complexity index is 591. The first-order valence-electron chi connectivity index (χ1n) is 6.22. The zero-order chi connectivity index (χ0) is 13.9. The molecule has 1 heterocycles. The number of esters is 1. The van der Waals surface area contributed by atoms with Crippen molar-refractivity contribution in [3.63, 3.8) is 0 Å². The summed E-state index contributed by atoms with van der Waals surface area (Å²) in [5, 5.41) is 0.308. The third-order valence-corrected chi connectivity index (χ3v) is 3.73. The highest BCUT2D eigenvalue weighted by Crippen LogP contribution is 2.61. The number of carbonyl (C=O) groups excluding carboxylic acids is 2. The quantitative estimate of drug-likeness (QED) is 0.586. The largest absolute Gasteiger partial charge is 0.460 e. The van der Waals surface area contributed by atoms with Crippen LogP contribution in [0.15, 0.2) is 12.3 Å². The van der Waals surface area contributed by atoms with E-state index in [0.29, 0.717) is 10.7 Å². The fourth-order valence-electron chi connectivity index (χ4n) is 2.79. The molecule has 1 fully saturated rings. The summed E-state index contributed by atoms with van der Waals surface area (Å²) in [6.45, 7) is 5.46. The number of ether oxygens (including phenoxy) is 1. The molecule has 4 nitrogen and oxygen atoms in total. The highest BCUT2D eigenvalue weighted by Gasteiger charge is 2.65. The molecule has 5 heteroatoms. The normalized spacial score (nSPS) is 27.8. The predicted octanol–water partition coefficient (Wildman–Crippen LogP) is 2.60. The summed E-state index contributed by atoms with van der Waals surface area (Å²) in [6, 6.07) is 1.58. The Labute approximate surface area is 116 Å². The minimum absolute atomic E-state index is 0.0137. The molecule has 100 valence electrons. The second-order valence-electron chi connectivity index (χ2n) is 6.07. The lowest BCUT2D eigenvalue weighted by molar-refractivity contribution is -0.156. The van der Waals surface area contributed by atoms with E-state index in [9.17, 15) is 9.59 Å². The number of hydrogen-bond acceptors (Lipinski definition) is 4. The van der Waals surface area contributed by atoms with Crippen LogP contribution in [-0.2, 0) is 9.53 Å². The van der Waals surface area contributed by atoms with E-state index >= 15 is 0 Å². The van der Waals surface area contributed by atoms with Gasteiger partial charge in [0.2, 0.25) is 0 Å². The summed E-state index contributed by atoms with van der Waals surface area (Å²) in [4.78, 5) is 28.2. The van der Waals surface area contributed by atoms with Crippen molar-refractivity contribution in [2.45, 2.75) is 32.3 Å². The minimum Gasteiger partial charge on any atom is -0.460 e. The minimum atomic E-state index is -0.530. The maximum Gasteiger partial charge on any atom is 0.310 e. The van der Waals surface area contributed by atoms with Crippen LogP contribution in [0.1, 0.15) is 42.6 Å². The van der Waals surface area contributed by atoms with Crippen LogP contribution < -0.4 is 0 Å². The summed E-state index contributed by atoms with van der Waals surface area (Å²) < 4.78 is 5.35. The van der Waals surface area contributed by atoms with Gasteiger partial charge in [-0.05, 0) is 32.4 Å². The van der Waals surface area contributed by atoms with Gasteiger partial charge in [0.15, 0.2) is 5.78 Å². The number of carbonyl (C=O) groups is 2. The zero-order valence-corrected chi connectivity index (χ0v) is 11.7. The molecule has 0 unspecified atom stereocenters. The van der Waals surface area contributed by atoms with Gasteiger partial charge in [-0.1, -0.05) is 11.6 Å². The van der Waals surface area contributed by atoms with Gasteiger partial charge in [-0.2, -0.15) is 0 Å². The van der Waals surface area contributed by atoms with Crippen LogP contribution >= 0.6 is 11.6 Å². The van der Waals surface area contributed by atoms with Crippen LogP contribution in [0.25, 0.3) is 0 Å². The number of hydrogen-bond donors (Lipinski definition) is 0. The zero-order valence-electron chi connectivity index (χ0n) is 10.9. The first kappa shape index (κ1) is 12.6. The molecule has 0 saturated heterocycles. The molecule has 3 rings (SSSR count). The van der Waals surface area contributed by atoms with E-state index in [0.717, 1.165) is 5.56 Å². The van der Waals surface area contributed by atoms with Gasteiger partial charge < -0.3 is 4.74 Å². The van der Waals surface area contributed by atoms with Crippen molar-refractivity contribution < 1.29 is 14.3 Å². The molecule has 1 aromatic heterocycles. The molecule has 0 amide bonds. The number of fused-ring (bicyclic) bond motifs is 3. The number of Topliss-reactive ketones (excluding diaryl/α,β-unsaturated/α-hetero) is 1. The second kappa shape index (κ2) is 3.79. The van der Waals surface area contributed by atoms with Crippen molar-refractivity contribution in [1.29, 1.82) is 0 Å². The monoisotopic (exact) mass is 279 g/mol. The van der Waals surface area contributed by atoms with Crippen LogP contribution in [0.3, 0.4) is 0 Å². The molecule has 0 radical (unpaired) electrons. The molecular formula is C14H14ClNO3. The molecule has 0 bridgehead atoms. The van der Waals surface area contributed by atoms with Gasteiger partial charge in [-0.25, -0.2) is 4.98 Å². The van der Waals surface area contributed by atoms with Crippen LogP contribution in [0.4, 0.5) is 0 Å². The third-order valence-electron chi connectivity index (χ3n) is 3.53. The Morgan fingerprint density at radius 1 is 1.37 bits per heavy atom. The van der Waals surface area contributed by atoms with Crippen LogP contribution in [0.2, 0.25) is 5.15 Å². The second-order valence-corrected chi connectivity index (χ2v) is 6.46. The van der Waals surface area contributed by atoms with E-state index in [1.807, 2.05) is 20.8 Å². The number of aromatic nitrogens is 1. The van der Waals surface area contributed by atoms with E-state index in [2.05, 4.69) is 4.98 Å². The maximum atomic E-state index is 12.2. The van der Waals surface area contributed by atoms with Crippen molar-refractivity contribution in [2.75, 3.05) is 0 Å². The van der Waals surface area contributed by atoms with Crippen LogP contribution in [-0.4, -0.2) is 22.3 Å². The lowest BCUT2D eigenvalue weighted by Gasteiger charge is -2.20. The Balaban J connectivity index is 1.85. The lowest BCUT2D eigenvalue weighted by atomic mass is 10.0. The molecular weight excluding hydrogens is 266 g/mol. The van der Waals surface area contributed by atoms with Crippen LogP contribution in [0.5, 0.6) is 0 Å². The fraction of sp³-hybridized carbons (Fsp3) is 0.500. The average molecular weight is 280 g/mol. The van der Waals surface area contributed by atoms with E-state index < -0.39 is 5.60 Å². The Hall–Kier alpha value is -1.42. The first-order valence-corrected chi connectivity index (χ1v) is 6.60. The van der Waals surface area contributed by atoms with Crippen molar-refractivity contribution >= 4 is 23.4 Å². The Morgan fingerprint density at radius 2 is 2.05 bits per heavy atom. The highest BCUT2D eigenvalue weighted by atomic mass is 35.5. The van der Waals surface area contributed by atoms with Crippen molar-refractivity contribution in [2.24, 2.45) is 11.8 Å². The number of rotatable bonds is 1. The van der Waals surface area contributed by atoms with Gasteiger partial charge in [0.25, 0.3) is 0 Å². The smallest absolute Gasteiger partial charge is 0.310 e. The van der Waals surface area contributed by atoms with Crippen molar-refractivity contribution in [3.05, 3.63) is 28.5 Å². The molecule has 3 atom stereocenters. The molecule has 1 aromatic rings. The number of nitrogens with zero attached hydrogens (tertiary/aromatic N) is 1. The summed E-state index contributed by atoms with van der Waals surface area (Å²) in [5.74, 6) is -0.994. The number of pyridine rings is 1. The molecule has 2 aliphatic rings. The van der Waals surface area contributed by atoms with E-state index in [4.69, 9.17) is 16.3 Å². The van der Waals surface area contributed by atoms with E-state index in [1.54, 1.807) is 12.3 Å². The summed E-state index contributed by atoms with van der Waals surface area (Å²) in [6.07, 6.45) is 1.60. The fourth-order valence-corrected chi connectivity index (χ4v) is 2.94. The molecule has 0 aromatic carbocycles. The average Bonchev–Trinajstić information content (AvgIpc) is 2.94. The van der Waals surface area contributed by atoms with Crippen molar-refractivity contribution in [3.8, 4) is 0 Å². The van der Waals surface area contributed by atoms with Gasteiger partial charge in [0, 0.05) is 23.6 Å². The lowest BCUT2D eigenvalue weighted by Crippen LogP contribution is -2.26. The van der Waals surface area contributed by atoms with Gasteiger partial charge in [0.1, 0.15) is 10.8 Å². The van der Waals surface area contributed by atoms with Gasteiger partial charge in [0.05, 0.1) is 5.92 Å². The summed E-state index contributed by atoms with van der Waals surface area (Å²) in [5.41, 5.74) is 0.906. The molecule has 0 spiro atoms. The van der Waals surface area contributed by atoms with Gasteiger partial charge >= 0.3 is 5.97 Å². The molecule has 2 aliphatic carbocycles. The standard InChI is InChI=1S/C14H14ClNO3/c1-14(2,3)19-13(18)11-9-7-5-16-8(15)4-6(7)12(17)10(9)11/h4-5,9-11H,1-3H3/t9-,10+,11+/m0/s1. The first-order chi connectivity index (χ1) is 8.79. The SMILES string of the molecule is CC(C)(C)OC(=O)[C@H]1[C@@H]2C(=O)c3cc(Cl)ncc3[C@H]12. The summed E-state index contributed by atoms with van der Waals surface area (Å²) in [7, 11) is 0. The maximum absolute atomic E-state index is 12.2. The molecule has 0 N–H and O–H groups in total. The predicted molar refractivity (Wildman–Crippen MR) is 69.1 cm³/mol. The Kier molecular flexibility index (Phi) is 2.52. The highest BCUT2D eigenvalue weighted by molar-refractivity contribution is 6.30. The topological polar surface area (TPSA) is 56.3 Å². The van der Waals surface area contributed by atoms with Gasteiger partial charge in [-0.15, -0.1) is 0 Å². The molecule has 0 aliphatic heterocycles. The van der Waals surface area contributed by atoms with E-state index in [-0.39, 0.29) is 29.5 Å². The van der Waals surface area contributed by atoms with Crippen LogP contribution in [0, 0.1) is 11.8 Å². The molecule has 1 saturated carbocycles. The van der Waals surface area contributed by atoms with Crippen molar-refractivity contribution in [1.82, 2.24) is 4.98 Å².